The van der Waals surface area contributed by atoms with Crippen LogP contribution in [0.4, 0.5) is 5.82 Å². The lowest BCUT2D eigenvalue weighted by Gasteiger charge is -1.97. The Balaban J connectivity index is 2.80. The van der Waals surface area contributed by atoms with Crippen LogP contribution in [0.2, 0.25) is 0 Å². The molecule has 0 bridgehead atoms. The van der Waals surface area contributed by atoms with E-state index in [1.807, 2.05) is 18.2 Å². The maximum absolute atomic E-state index is 5.15. The van der Waals surface area contributed by atoms with Gasteiger partial charge in [0.05, 0.1) is 6.34 Å². The van der Waals surface area contributed by atoms with E-state index in [-0.39, 0.29) is 0 Å². The molecular formula is C9H13N3. The van der Waals surface area contributed by atoms with Gasteiger partial charge in [0, 0.05) is 5.69 Å². The van der Waals surface area contributed by atoms with Crippen molar-refractivity contribution in [2.24, 2.45) is 10.7 Å². The fraction of sp³-hybridized carbons (Fsp3) is 0.333. The summed E-state index contributed by atoms with van der Waals surface area (Å²) in [6.45, 7) is 2.13. The van der Waals surface area contributed by atoms with Crippen LogP contribution in [0.15, 0.2) is 23.2 Å². The zero-order chi connectivity index (χ0) is 8.81. The van der Waals surface area contributed by atoms with Gasteiger partial charge in [-0.15, -0.1) is 0 Å². The minimum Gasteiger partial charge on any atom is -0.390 e. The highest BCUT2D eigenvalue weighted by atomic mass is 14.9. The Bertz CT molecular complexity index is 268. The summed E-state index contributed by atoms with van der Waals surface area (Å²) in [5, 5.41) is 0. The maximum Gasteiger partial charge on any atom is 0.153 e. The van der Waals surface area contributed by atoms with Crippen LogP contribution in [0, 0.1) is 0 Å². The molecule has 2 N–H and O–H groups in total. The number of hydrogen-bond donors (Lipinski definition) is 1. The fourth-order valence-electron chi connectivity index (χ4n) is 1.01. The summed E-state index contributed by atoms with van der Waals surface area (Å²) in [7, 11) is 0. The van der Waals surface area contributed by atoms with Crippen LogP contribution in [0.1, 0.15) is 19.0 Å². The molecule has 0 unspecified atom stereocenters. The average molecular weight is 163 g/mol. The quantitative estimate of drug-likeness (QED) is 0.544. The third-order valence-corrected chi connectivity index (χ3v) is 1.51. The van der Waals surface area contributed by atoms with Gasteiger partial charge in [0.1, 0.15) is 0 Å². The molecule has 64 valence electrons. The molecule has 0 aliphatic rings. The standard InChI is InChI=1S/C9H13N3/c1-2-4-8-5-3-6-9(12-8)11-7-10/h3,5-7H,2,4H2,1H3,(H2,10,11,12). The van der Waals surface area contributed by atoms with Gasteiger partial charge in [-0.3, -0.25) is 0 Å². The van der Waals surface area contributed by atoms with Gasteiger partial charge in [-0.1, -0.05) is 19.4 Å². The first-order valence-electron chi connectivity index (χ1n) is 4.07. The van der Waals surface area contributed by atoms with Crippen molar-refractivity contribution < 1.29 is 0 Å². The molecule has 3 nitrogen and oxygen atoms in total. The molecule has 0 atom stereocenters. The Kier molecular flexibility index (Phi) is 3.26. The Morgan fingerprint density at radius 2 is 2.42 bits per heavy atom. The highest BCUT2D eigenvalue weighted by Crippen LogP contribution is 2.08. The van der Waals surface area contributed by atoms with Crippen molar-refractivity contribution in [1.29, 1.82) is 0 Å². The first-order chi connectivity index (χ1) is 5.86. The number of nitrogens with two attached hydrogens (primary N) is 1. The number of nitrogens with zero attached hydrogens (tertiary/aromatic N) is 2. The van der Waals surface area contributed by atoms with Gasteiger partial charge in [-0.25, -0.2) is 9.98 Å². The van der Waals surface area contributed by atoms with E-state index >= 15 is 0 Å². The largest absolute Gasteiger partial charge is 0.390 e. The van der Waals surface area contributed by atoms with E-state index in [9.17, 15) is 0 Å². The van der Waals surface area contributed by atoms with Crippen molar-refractivity contribution in [3.63, 3.8) is 0 Å². The second-order valence-electron chi connectivity index (χ2n) is 2.52. The summed E-state index contributed by atoms with van der Waals surface area (Å²) in [4.78, 5) is 8.17. The number of aryl methyl sites for hydroxylation is 1. The van der Waals surface area contributed by atoms with Crippen molar-refractivity contribution in [2.75, 3.05) is 0 Å². The third kappa shape index (κ3) is 2.34. The van der Waals surface area contributed by atoms with Crippen molar-refractivity contribution >= 4 is 12.2 Å². The number of aromatic nitrogens is 1. The fourth-order valence-corrected chi connectivity index (χ4v) is 1.01. The highest BCUT2D eigenvalue weighted by Gasteiger charge is 1.93. The van der Waals surface area contributed by atoms with Crippen LogP contribution in [0.5, 0.6) is 0 Å². The van der Waals surface area contributed by atoms with Gasteiger partial charge >= 0.3 is 0 Å². The second kappa shape index (κ2) is 4.49. The number of pyridine rings is 1. The molecule has 0 aromatic carbocycles. The molecule has 1 aromatic rings. The lowest BCUT2D eigenvalue weighted by Crippen LogP contribution is -1.90. The third-order valence-electron chi connectivity index (χ3n) is 1.51. The van der Waals surface area contributed by atoms with Crippen LogP contribution >= 0.6 is 0 Å². The Morgan fingerprint density at radius 3 is 3.08 bits per heavy atom. The molecule has 1 aromatic heterocycles. The normalized spacial score (nSPS) is 10.8. The first-order valence-corrected chi connectivity index (χ1v) is 4.07. The van der Waals surface area contributed by atoms with Gasteiger partial charge in [0.25, 0.3) is 0 Å². The zero-order valence-electron chi connectivity index (χ0n) is 7.20. The monoisotopic (exact) mass is 163 g/mol. The van der Waals surface area contributed by atoms with Crippen molar-refractivity contribution in [2.45, 2.75) is 19.8 Å². The van der Waals surface area contributed by atoms with Gasteiger partial charge in [0.15, 0.2) is 5.82 Å². The van der Waals surface area contributed by atoms with Gasteiger partial charge in [-0.2, -0.15) is 0 Å². The molecule has 0 saturated carbocycles. The van der Waals surface area contributed by atoms with E-state index in [1.165, 1.54) is 6.34 Å². The summed E-state index contributed by atoms with van der Waals surface area (Å²) >= 11 is 0. The lowest BCUT2D eigenvalue weighted by atomic mass is 10.2. The van der Waals surface area contributed by atoms with Crippen LogP contribution in [-0.2, 0) is 6.42 Å². The minimum atomic E-state index is 0.684. The van der Waals surface area contributed by atoms with Crippen LogP contribution in [0.3, 0.4) is 0 Å². The predicted molar refractivity (Wildman–Crippen MR) is 50.6 cm³/mol. The van der Waals surface area contributed by atoms with Crippen LogP contribution in [-0.4, -0.2) is 11.3 Å². The summed E-state index contributed by atoms with van der Waals surface area (Å²) in [5.41, 5.74) is 6.22. The number of rotatable bonds is 3. The molecule has 0 spiro atoms. The molecule has 1 heterocycles. The van der Waals surface area contributed by atoms with Crippen molar-refractivity contribution in [1.82, 2.24) is 4.98 Å². The molecule has 0 radical (unpaired) electrons. The lowest BCUT2D eigenvalue weighted by molar-refractivity contribution is 0.883. The Morgan fingerprint density at radius 1 is 1.58 bits per heavy atom. The van der Waals surface area contributed by atoms with Crippen LogP contribution < -0.4 is 5.73 Å². The second-order valence-corrected chi connectivity index (χ2v) is 2.52. The SMILES string of the molecule is CCCc1cccc(/N=C\N)n1. The molecule has 0 fully saturated rings. The van der Waals surface area contributed by atoms with Crippen LogP contribution in [0.25, 0.3) is 0 Å². The van der Waals surface area contributed by atoms with Crippen molar-refractivity contribution in [3.8, 4) is 0 Å². The Labute approximate surface area is 72.3 Å². The molecule has 12 heavy (non-hydrogen) atoms. The van der Waals surface area contributed by atoms with E-state index in [0.717, 1.165) is 18.5 Å². The highest BCUT2D eigenvalue weighted by molar-refractivity contribution is 5.56. The molecule has 0 saturated heterocycles. The van der Waals surface area contributed by atoms with E-state index in [0.29, 0.717) is 5.82 Å². The maximum atomic E-state index is 5.15. The minimum absolute atomic E-state index is 0.684. The van der Waals surface area contributed by atoms with Gasteiger partial charge in [-0.05, 0) is 18.6 Å². The molecule has 1 rings (SSSR count). The number of aliphatic imine (C=N–C) groups is 1. The molecule has 0 amide bonds. The summed E-state index contributed by atoms with van der Waals surface area (Å²) < 4.78 is 0. The first kappa shape index (κ1) is 8.71. The van der Waals surface area contributed by atoms with E-state index in [4.69, 9.17) is 5.73 Å². The average Bonchev–Trinajstić information content (AvgIpc) is 2.06. The van der Waals surface area contributed by atoms with E-state index < -0.39 is 0 Å². The molecular weight excluding hydrogens is 150 g/mol. The smallest absolute Gasteiger partial charge is 0.153 e. The molecule has 0 aliphatic carbocycles. The molecule has 3 heteroatoms. The van der Waals surface area contributed by atoms with Gasteiger partial charge in [0.2, 0.25) is 0 Å². The summed E-state index contributed by atoms with van der Waals surface area (Å²) in [5.74, 6) is 0.684. The van der Waals surface area contributed by atoms with Gasteiger partial charge < -0.3 is 5.73 Å². The van der Waals surface area contributed by atoms with E-state index in [1.54, 1.807) is 0 Å². The Hall–Kier alpha value is -1.38. The van der Waals surface area contributed by atoms with Crippen molar-refractivity contribution in [3.05, 3.63) is 23.9 Å². The summed E-state index contributed by atoms with van der Waals surface area (Å²) in [6.07, 6.45) is 3.36. The van der Waals surface area contributed by atoms with E-state index in [2.05, 4.69) is 16.9 Å². The zero-order valence-corrected chi connectivity index (χ0v) is 7.20. The predicted octanol–water partition coefficient (Wildman–Crippen LogP) is 1.65. The number of hydrogen-bond acceptors (Lipinski definition) is 2. The topological polar surface area (TPSA) is 51.3 Å². The molecule has 0 aliphatic heterocycles. The summed E-state index contributed by atoms with van der Waals surface area (Å²) in [6, 6.07) is 5.78.